The van der Waals surface area contributed by atoms with Gasteiger partial charge in [-0.15, -0.1) is 0 Å². The van der Waals surface area contributed by atoms with Crippen LogP contribution >= 0.6 is 11.6 Å². The first-order valence-corrected chi connectivity index (χ1v) is 12.8. The molecular formula is C23H30ClN3O3S. The standard InChI is InChI=1S/C23H30ClN3O3S/c1-31(29,30)27(22-12-10-21(24)11-13-22)16-6-9-23(28)25-17-19-7-2-3-8-20(19)18-26-14-4-5-15-26/h2-3,7-8,10-13H,4-6,9,14-18H2,1H3,(H,25,28). The predicted octanol–water partition coefficient (Wildman–Crippen LogP) is 3.80. The van der Waals surface area contributed by atoms with Gasteiger partial charge in [-0.3, -0.25) is 14.0 Å². The van der Waals surface area contributed by atoms with Crippen LogP contribution in [0, 0.1) is 0 Å². The average Bonchev–Trinajstić information content (AvgIpc) is 3.24. The predicted molar refractivity (Wildman–Crippen MR) is 126 cm³/mol. The van der Waals surface area contributed by atoms with Crippen molar-refractivity contribution in [1.29, 1.82) is 0 Å². The zero-order valence-electron chi connectivity index (χ0n) is 17.9. The van der Waals surface area contributed by atoms with E-state index in [1.807, 2.05) is 12.1 Å². The highest BCUT2D eigenvalue weighted by Crippen LogP contribution is 2.21. The molecule has 0 aliphatic carbocycles. The SMILES string of the molecule is CS(=O)(=O)N(CCCC(=O)NCc1ccccc1CN1CCCC1)c1ccc(Cl)cc1. The Morgan fingerprint density at radius 3 is 2.35 bits per heavy atom. The summed E-state index contributed by atoms with van der Waals surface area (Å²) in [5, 5.41) is 3.52. The summed E-state index contributed by atoms with van der Waals surface area (Å²) in [5.74, 6) is -0.0828. The Bertz CT molecular complexity index is 974. The lowest BCUT2D eigenvalue weighted by Gasteiger charge is -2.22. The molecule has 6 nitrogen and oxygen atoms in total. The molecule has 3 rings (SSSR count). The number of amides is 1. The maximum Gasteiger partial charge on any atom is 0.232 e. The Morgan fingerprint density at radius 2 is 1.71 bits per heavy atom. The number of hydrogen-bond donors (Lipinski definition) is 1. The Kier molecular flexibility index (Phi) is 8.35. The summed E-state index contributed by atoms with van der Waals surface area (Å²) >= 11 is 5.90. The van der Waals surface area contributed by atoms with E-state index in [2.05, 4.69) is 22.3 Å². The molecule has 2 aromatic carbocycles. The molecule has 2 aromatic rings. The third-order valence-electron chi connectivity index (χ3n) is 5.47. The molecule has 8 heteroatoms. The van der Waals surface area contributed by atoms with E-state index in [-0.39, 0.29) is 18.9 Å². The normalized spacial score (nSPS) is 14.5. The van der Waals surface area contributed by atoms with Gasteiger partial charge in [0.05, 0.1) is 11.9 Å². The van der Waals surface area contributed by atoms with E-state index in [0.717, 1.165) is 25.2 Å². The largest absolute Gasteiger partial charge is 0.352 e. The second-order valence-electron chi connectivity index (χ2n) is 7.94. The minimum atomic E-state index is -3.45. The maximum absolute atomic E-state index is 12.4. The second kappa shape index (κ2) is 11.0. The molecule has 1 fully saturated rings. The highest BCUT2D eigenvalue weighted by atomic mass is 35.5. The number of rotatable bonds is 10. The molecule has 1 saturated heterocycles. The molecule has 1 heterocycles. The number of nitrogens with one attached hydrogen (secondary N) is 1. The number of halogens is 1. The van der Waals surface area contributed by atoms with E-state index >= 15 is 0 Å². The van der Waals surface area contributed by atoms with E-state index in [0.29, 0.717) is 23.7 Å². The molecule has 1 amide bonds. The molecule has 1 aliphatic heterocycles. The molecule has 0 unspecified atom stereocenters. The van der Waals surface area contributed by atoms with Crippen molar-refractivity contribution >= 4 is 33.2 Å². The number of carbonyl (C=O) groups is 1. The van der Waals surface area contributed by atoms with E-state index in [4.69, 9.17) is 11.6 Å². The van der Waals surface area contributed by atoms with Gasteiger partial charge in [-0.25, -0.2) is 8.42 Å². The van der Waals surface area contributed by atoms with Gasteiger partial charge in [-0.2, -0.15) is 0 Å². The minimum absolute atomic E-state index is 0.0828. The van der Waals surface area contributed by atoms with Crippen LogP contribution in [0.15, 0.2) is 48.5 Å². The Hall–Kier alpha value is -2.09. The molecule has 0 bridgehead atoms. The summed E-state index contributed by atoms with van der Waals surface area (Å²) in [7, 11) is -3.45. The highest BCUT2D eigenvalue weighted by molar-refractivity contribution is 7.92. The van der Waals surface area contributed by atoms with Gasteiger partial charge in [0.25, 0.3) is 0 Å². The van der Waals surface area contributed by atoms with Crippen LogP contribution in [0.5, 0.6) is 0 Å². The molecule has 0 radical (unpaired) electrons. The van der Waals surface area contributed by atoms with E-state index < -0.39 is 10.0 Å². The van der Waals surface area contributed by atoms with Gasteiger partial charge in [0, 0.05) is 31.1 Å². The number of hydrogen-bond acceptors (Lipinski definition) is 4. The molecule has 0 atom stereocenters. The summed E-state index contributed by atoms with van der Waals surface area (Å²) in [6, 6.07) is 14.8. The molecule has 0 saturated carbocycles. The molecule has 1 N–H and O–H groups in total. The van der Waals surface area contributed by atoms with E-state index in [9.17, 15) is 13.2 Å². The number of sulfonamides is 1. The van der Waals surface area contributed by atoms with Crippen molar-refractivity contribution < 1.29 is 13.2 Å². The Morgan fingerprint density at radius 1 is 1.06 bits per heavy atom. The van der Waals surface area contributed by atoms with Crippen molar-refractivity contribution in [3.63, 3.8) is 0 Å². The summed E-state index contributed by atoms with van der Waals surface area (Å²) in [4.78, 5) is 14.8. The number of nitrogens with zero attached hydrogens (tertiary/aromatic N) is 2. The summed E-state index contributed by atoms with van der Waals surface area (Å²) in [6.07, 6.45) is 4.35. The van der Waals surface area contributed by atoms with Crippen LogP contribution in [0.1, 0.15) is 36.8 Å². The fraction of sp³-hybridized carbons (Fsp3) is 0.435. The molecule has 1 aliphatic rings. The van der Waals surface area contributed by atoms with Crippen LogP contribution in [0.25, 0.3) is 0 Å². The van der Waals surface area contributed by atoms with Crippen LogP contribution in [-0.4, -0.2) is 45.1 Å². The number of likely N-dealkylation sites (tertiary alicyclic amines) is 1. The Labute approximate surface area is 190 Å². The molecule has 0 spiro atoms. The van der Waals surface area contributed by atoms with Crippen LogP contribution in [-0.2, 0) is 27.9 Å². The highest BCUT2D eigenvalue weighted by Gasteiger charge is 2.18. The number of carbonyl (C=O) groups excluding carboxylic acids is 1. The molecule has 168 valence electrons. The van der Waals surface area contributed by atoms with Crippen molar-refractivity contribution in [3.8, 4) is 0 Å². The minimum Gasteiger partial charge on any atom is -0.352 e. The monoisotopic (exact) mass is 463 g/mol. The lowest BCUT2D eigenvalue weighted by molar-refractivity contribution is -0.121. The van der Waals surface area contributed by atoms with Gasteiger partial charge in [-0.05, 0) is 67.7 Å². The quantitative estimate of drug-likeness (QED) is 0.581. The number of anilines is 1. The topological polar surface area (TPSA) is 69.7 Å². The first-order chi connectivity index (χ1) is 14.8. The van der Waals surface area contributed by atoms with Gasteiger partial charge < -0.3 is 5.32 Å². The summed E-state index contributed by atoms with van der Waals surface area (Å²) in [6.45, 7) is 3.89. The summed E-state index contributed by atoms with van der Waals surface area (Å²) < 4.78 is 25.6. The maximum atomic E-state index is 12.4. The third kappa shape index (κ3) is 7.23. The molecular weight excluding hydrogens is 434 g/mol. The fourth-order valence-corrected chi connectivity index (χ4v) is 4.92. The lowest BCUT2D eigenvalue weighted by Crippen LogP contribution is -2.32. The third-order valence-corrected chi connectivity index (χ3v) is 6.91. The van der Waals surface area contributed by atoms with Crippen molar-refractivity contribution in [2.75, 3.05) is 30.2 Å². The van der Waals surface area contributed by atoms with Crippen molar-refractivity contribution in [3.05, 3.63) is 64.7 Å². The van der Waals surface area contributed by atoms with Crippen molar-refractivity contribution in [2.24, 2.45) is 0 Å². The van der Waals surface area contributed by atoms with E-state index in [1.165, 1.54) is 29.0 Å². The van der Waals surface area contributed by atoms with Gasteiger partial charge in [0.15, 0.2) is 0 Å². The zero-order chi connectivity index (χ0) is 22.3. The fourth-order valence-electron chi connectivity index (χ4n) is 3.83. The first-order valence-electron chi connectivity index (χ1n) is 10.6. The van der Waals surface area contributed by atoms with Crippen LogP contribution in [0.3, 0.4) is 0 Å². The van der Waals surface area contributed by atoms with Gasteiger partial charge in [0.2, 0.25) is 15.9 Å². The van der Waals surface area contributed by atoms with Gasteiger partial charge in [-0.1, -0.05) is 35.9 Å². The second-order valence-corrected chi connectivity index (χ2v) is 10.3. The smallest absolute Gasteiger partial charge is 0.232 e. The van der Waals surface area contributed by atoms with Gasteiger partial charge >= 0.3 is 0 Å². The van der Waals surface area contributed by atoms with Crippen molar-refractivity contribution in [1.82, 2.24) is 10.2 Å². The van der Waals surface area contributed by atoms with Crippen LogP contribution in [0.2, 0.25) is 5.02 Å². The zero-order valence-corrected chi connectivity index (χ0v) is 19.5. The molecule has 0 aromatic heterocycles. The van der Waals surface area contributed by atoms with Crippen LogP contribution < -0.4 is 9.62 Å². The summed E-state index contributed by atoms with van der Waals surface area (Å²) in [5.41, 5.74) is 2.92. The molecule has 31 heavy (non-hydrogen) atoms. The average molecular weight is 464 g/mol. The van der Waals surface area contributed by atoms with Crippen LogP contribution in [0.4, 0.5) is 5.69 Å². The van der Waals surface area contributed by atoms with Crippen molar-refractivity contribution in [2.45, 2.75) is 38.8 Å². The van der Waals surface area contributed by atoms with Gasteiger partial charge in [0.1, 0.15) is 0 Å². The lowest BCUT2D eigenvalue weighted by atomic mass is 10.1. The van der Waals surface area contributed by atoms with E-state index in [1.54, 1.807) is 24.3 Å². The Balaban J connectivity index is 1.50. The first kappa shape index (κ1) is 23.6. The number of benzene rings is 2.